The number of carbonyl (C=O) groups is 1. The number of nitrogens with one attached hydrogen (secondary N) is 1. The SMILES string of the molecule is CC[C@@H](Oc1cccc(OC)c1)C(=O)Nc1cccc2ccccc12. The van der Waals surface area contributed by atoms with Crippen molar-refractivity contribution in [2.75, 3.05) is 12.4 Å². The number of ether oxygens (including phenoxy) is 2. The zero-order valence-electron chi connectivity index (χ0n) is 14.4. The normalized spacial score (nSPS) is 11.8. The topological polar surface area (TPSA) is 47.6 Å². The van der Waals surface area contributed by atoms with Crippen LogP contribution in [0.4, 0.5) is 5.69 Å². The minimum Gasteiger partial charge on any atom is -0.497 e. The van der Waals surface area contributed by atoms with Gasteiger partial charge in [0.25, 0.3) is 5.91 Å². The predicted molar refractivity (Wildman–Crippen MR) is 100 cm³/mol. The van der Waals surface area contributed by atoms with Gasteiger partial charge >= 0.3 is 0 Å². The van der Waals surface area contributed by atoms with Crippen LogP contribution in [0.2, 0.25) is 0 Å². The summed E-state index contributed by atoms with van der Waals surface area (Å²) in [6.07, 6.45) is -0.0144. The third-order valence-corrected chi connectivity index (χ3v) is 4.03. The first kappa shape index (κ1) is 16.8. The Morgan fingerprint density at radius 2 is 1.72 bits per heavy atom. The van der Waals surface area contributed by atoms with Gasteiger partial charge < -0.3 is 14.8 Å². The van der Waals surface area contributed by atoms with Crippen molar-refractivity contribution in [1.29, 1.82) is 0 Å². The quantitative estimate of drug-likeness (QED) is 0.713. The number of fused-ring (bicyclic) bond motifs is 1. The molecule has 3 aromatic carbocycles. The monoisotopic (exact) mass is 335 g/mol. The second kappa shape index (κ2) is 7.71. The Balaban J connectivity index is 1.78. The van der Waals surface area contributed by atoms with Gasteiger partial charge in [0.05, 0.1) is 7.11 Å². The van der Waals surface area contributed by atoms with Gasteiger partial charge in [-0.05, 0) is 30.0 Å². The van der Waals surface area contributed by atoms with Gasteiger partial charge in [-0.15, -0.1) is 0 Å². The van der Waals surface area contributed by atoms with Crippen LogP contribution in [0.3, 0.4) is 0 Å². The summed E-state index contributed by atoms with van der Waals surface area (Å²) in [6, 6.07) is 21.1. The van der Waals surface area contributed by atoms with Crippen molar-refractivity contribution in [2.45, 2.75) is 19.4 Å². The molecule has 0 spiro atoms. The molecule has 1 N–H and O–H groups in total. The second-order valence-corrected chi connectivity index (χ2v) is 5.71. The lowest BCUT2D eigenvalue weighted by Gasteiger charge is -2.18. The van der Waals surface area contributed by atoms with Gasteiger partial charge in [0, 0.05) is 17.1 Å². The van der Waals surface area contributed by atoms with E-state index in [9.17, 15) is 4.79 Å². The molecule has 128 valence electrons. The molecule has 0 bridgehead atoms. The van der Waals surface area contributed by atoms with Crippen molar-refractivity contribution < 1.29 is 14.3 Å². The number of hydrogen-bond donors (Lipinski definition) is 1. The smallest absolute Gasteiger partial charge is 0.265 e. The Bertz CT molecular complexity index is 870. The number of amides is 1. The van der Waals surface area contributed by atoms with Crippen LogP contribution in [0.15, 0.2) is 66.7 Å². The molecule has 25 heavy (non-hydrogen) atoms. The summed E-state index contributed by atoms with van der Waals surface area (Å²) in [6.45, 7) is 1.92. The molecule has 3 aromatic rings. The Morgan fingerprint density at radius 1 is 1.00 bits per heavy atom. The van der Waals surface area contributed by atoms with Crippen molar-refractivity contribution >= 4 is 22.4 Å². The van der Waals surface area contributed by atoms with Gasteiger partial charge in [-0.1, -0.05) is 49.4 Å². The standard InChI is InChI=1S/C21H21NO3/c1-3-20(25-17-11-7-10-16(14-17)24-2)21(23)22-19-13-6-9-15-8-4-5-12-18(15)19/h4-14,20H,3H2,1-2H3,(H,22,23)/t20-/m1/s1. The molecule has 3 rings (SSSR count). The highest BCUT2D eigenvalue weighted by Crippen LogP contribution is 2.24. The maximum absolute atomic E-state index is 12.7. The number of hydrogen-bond acceptors (Lipinski definition) is 3. The first-order chi connectivity index (χ1) is 12.2. The Kier molecular flexibility index (Phi) is 5.19. The Labute approximate surface area is 147 Å². The summed E-state index contributed by atoms with van der Waals surface area (Å²) >= 11 is 0. The highest BCUT2D eigenvalue weighted by atomic mass is 16.5. The van der Waals surface area contributed by atoms with Crippen LogP contribution in [0, 0.1) is 0 Å². The minimum atomic E-state index is -0.578. The fraction of sp³-hybridized carbons (Fsp3) is 0.190. The average Bonchev–Trinajstić information content (AvgIpc) is 2.66. The molecular weight excluding hydrogens is 314 g/mol. The van der Waals surface area contributed by atoms with Crippen molar-refractivity contribution in [3.8, 4) is 11.5 Å². The highest BCUT2D eigenvalue weighted by Gasteiger charge is 2.19. The molecule has 1 atom stereocenters. The van der Waals surface area contributed by atoms with Crippen LogP contribution in [-0.4, -0.2) is 19.1 Å². The summed E-state index contributed by atoms with van der Waals surface area (Å²) in [5.74, 6) is 1.14. The second-order valence-electron chi connectivity index (χ2n) is 5.71. The molecule has 0 aromatic heterocycles. The Hall–Kier alpha value is -3.01. The van der Waals surface area contributed by atoms with Gasteiger partial charge in [-0.2, -0.15) is 0 Å². The van der Waals surface area contributed by atoms with Gasteiger partial charge in [-0.25, -0.2) is 0 Å². The molecule has 4 nitrogen and oxygen atoms in total. The fourth-order valence-electron chi connectivity index (χ4n) is 2.71. The van der Waals surface area contributed by atoms with Crippen LogP contribution < -0.4 is 14.8 Å². The van der Waals surface area contributed by atoms with Crippen molar-refractivity contribution in [3.63, 3.8) is 0 Å². The number of rotatable bonds is 6. The third kappa shape index (κ3) is 3.91. The lowest BCUT2D eigenvalue weighted by Crippen LogP contribution is -2.32. The zero-order chi connectivity index (χ0) is 17.6. The van der Waals surface area contributed by atoms with Crippen LogP contribution in [-0.2, 0) is 4.79 Å². The van der Waals surface area contributed by atoms with Crippen LogP contribution in [0.1, 0.15) is 13.3 Å². The molecule has 0 saturated carbocycles. The largest absolute Gasteiger partial charge is 0.497 e. The van der Waals surface area contributed by atoms with Crippen LogP contribution in [0.25, 0.3) is 10.8 Å². The van der Waals surface area contributed by atoms with Crippen molar-refractivity contribution in [2.24, 2.45) is 0 Å². The van der Waals surface area contributed by atoms with Crippen LogP contribution in [0.5, 0.6) is 11.5 Å². The average molecular weight is 335 g/mol. The minimum absolute atomic E-state index is 0.165. The van der Waals surface area contributed by atoms with E-state index in [2.05, 4.69) is 5.32 Å². The van der Waals surface area contributed by atoms with Gasteiger partial charge in [0.1, 0.15) is 11.5 Å². The summed E-state index contributed by atoms with van der Waals surface area (Å²) in [5, 5.41) is 5.08. The first-order valence-corrected chi connectivity index (χ1v) is 8.30. The van der Waals surface area contributed by atoms with Crippen LogP contribution >= 0.6 is 0 Å². The van der Waals surface area contributed by atoms with E-state index < -0.39 is 6.10 Å². The van der Waals surface area contributed by atoms with E-state index in [1.807, 2.05) is 67.6 Å². The van der Waals surface area contributed by atoms with Crippen molar-refractivity contribution in [3.05, 3.63) is 66.7 Å². The molecule has 0 aliphatic heterocycles. The summed E-state index contributed by atoms with van der Waals surface area (Å²) in [7, 11) is 1.60. The molecular formula is C21H21NO3. The Morgan fingerprint density at radius 3 is 2.52 bits per heavy atom. The van der Waals surface area contributed by atoms with Gasteiger partial charge in [0.15, 0.2) is 6.10 Å². The molecule has 1 amide bonds. The molecule has 0 fully saturated rings. The number of anilines is 1. The maximum atomic E-state index is 12.7. The number of methoxy groups -OCH3 is 1. The molecule has 0 unspecified atom stereocenters. The molecule has 0 saturated heterocycles. The van der Waals surface area contributed by atoms with Gasteiger partial charge in [0.2, 0.25) is 0 Å². The molecule has 0 heterocycles. The van der Waals surface area contributed by atoms with E-state index in [1.54, 1.807) is 13.2 Å². The number of carbonyl (C=O) groups excluding carboxylic acids is 1. The van der Waals surface area contributed by atoms with E-state index in [0.717, 1.165) is 16.5 Å². The molecule has 0 radical (unpaired) electrons. The van der Waals surface area contributed by atoms with E-state index in [0.29, 0.717) is 17.9 Å². The van der Waals surface area contributed by atoms with E-state index in [-0.39, 0.29) is 5.91 Å². The van der Waals surface area contributed by atoms with E-state index in [1.165, 1.54) is 0 Å². The van der Waals surface area contributed by atoms with E-state index >= 15 is 0 Å². The summed E-state index contributed by atoms with van der Waals surface area (Å²) in [4.78, 5) is 12.7. The summed E-state index contributed by atoms with van der Waals surface area (Å²) in [5.41, 5.74) is 0.788. The predicted octanol–water partition coefficient (Wildman–Crippen LogP) is 4.64. The molecule has 4 heteroatoms. The van der Waals surface area contributed by atoms with Gasteiger partial charge in [-0.3, -0.25) is 4.79 Å². The third-order valence-electron chi connectivity index (χ3n) is 4.03. The zero-order valence-corrected chi connectivity index (χ0v) is 14.4. The molecule has 0 aliphatic rings. The van der Waals surface area contributed by atoms with Crippen molar-refractivity contribution in [1.82, 2.24) is 0 Å². The molecule has 0 aliphatic carbocycles. The highest BCUT2D eigenvalue weighted by molar-refractivity contribution is 6.03. The maximum Gasteiger partial charge on any atom is 0.265 e. The lowest BCUT2D eigenvalue weighted by atomic mass is 10.1. The number of benzene rings is 3. The first-order valence-electron chi connectivity index (χ1n) is 8.30. The van der Waals surface area contributed by atoms with E-state index in [4.69, 9.17) is 9.47 Å². The summed E-state index contributed by atoms with van der Waals surface area (Å²) < 4.78 is 11.1. The lowest BCUT2D eigenvalue weighted by molar-refractivity contribution is -0.122. The fourth-order valence-corrected chi connectivity index (χ4v) is 2.71.